The van der Waals surface area contributed by atoms with Crippen LogP contribution < -0.4 is 0 Å². The highest BCUT2D eigenvalue weighted by molar-refractivity contribution is 5.26. The van der Waals surface area contributed by atoms with Gasteiger partial charge in [0.15, 0.2) is 0 Å². The van der Waals surface area contributed by atoms with Crippen LogP contribution in [0.5, 0.6) is 0 Å². The van der Waals surface area contributed by atoms with E-state index >= 15 is 0 Å². The molecule has 0 radical (unpaired) electrons. The van der Waals surface area contributed by atoms with Gasteiger partial charge in [0, 0.05) is 13.1 Å². The molecule has 1 atom stereocenters. The van der Waals surface area contributed by atoms with Crippen LogP contribution in [0.3, 0.4) is 0 Å². The average molecular weight is 109 g/mol. The van der Waals surface area contributed by atoms with Crippen molar-refractivity contribution in [3.63, 3.8) is 0 Å². The Hall–Kier alpha value is -0.300. The predicted molar refractivity (Wildman–Crippen MR) is 33.7 cm³/mol. The monoisotopic (exact) mass is 109 g/mol. The molecule has 0 aromatic carbocycles. The predicted octanol–water partition coefficient (Wildman–Crippen LogP) is 0.878. The molecule has 0 bridgehead atoms. The zero-order valence-corrected chi connectivity index (χ0v) is 5.22. The molecule has 1 heterocycles. The van der Waals surface area contributed by atoms with Crippen molar-refractivity contribution in [3.05, 3.63) is 11.6 Å². The first-order valence-electron chi connectivity index (χ1n) is 3.24. The number of nitrogens with zero attached hydrogens (tertiary/aromatic N) is 1. The molecule has 0 saturated heterocycles. The Balaban J connectivity index is 2.11. The second kappa shape index (κ2) is 1.35. The van der Waals surface area contributed by atoms with Crippen LogP contribution in [-0.2, 0) is 0 Å². The average Bonchev–Trinajstić information content (AvgIpc) is 2.43. The van der Waals surface area contributed by atoms with Crippen LogP contribution in [0.2, 0.25) is 0 Å². The summed E-state index contributed by atoms with van der Waals surface area (Å²) in [6.45, 7) is 2.50. The van der Waals surface area contributed by atoms with Crippen LogP contribution in [0.15, 0.2) is 11.6 Å². The topological polar surface area (TPSA) is 3.24 Å². The van der Waals surface area contributed by atoms with E-state index in [1.54, 1.807) is 5.57 Å². The maximum atomic E-state index is 2.38. The van der Waals surface area contributed by atoms with Gasteiger partial charge in [-0.05, 0) is 19.4 Å². The van der Waals surface area contributed by atoms with Crippen molar-refractivity contribution in [2.24, 2.45) is 5.92 Å². The van der Waals surface area contributed by atoms with E-state index in [9.17, 15) is 0 Å². The quantitative estimate of drug-likeness (QED) is 0.417. The molecule has 1 saturated carbocycles. The van der Waals surface area contributed by atoms with Crippen LogP contribution in [0, 0.1) is 5.92 Å². The lowest BCUT2D eigenvalue weighted by molar-refractivity contribution is 0.349. The molecule has 1 nitrogen and oxygen atoms in total. The Bertz CT molecular complexity index is 137. The van der Waals surface area contributed by atoms with Gasteiger partial charge in [-0.1, -0.05) is 11.6 Å². The van der Waals surface area contributed by atoms with Crippen molar-refractivity contribution >= 4 is 0 Å². The molecule has 8 heavy (non-hydrogen) atoms. The number of hydrogen-bond acceptors (Lipinski definition) is 1. The first-order chi connectivity index (χ1) is 3.86. The van der Waals surface area contributed by atoms with Crippen molar-refractivity contribution in [2.45, 2.75) is 6.42 Å². The van der Waals surface area contributed by atoms with Crippen LogP contribution in [0.25, 0.3) is 0 Å². The van der Waals surface area contributed by atoms with E-state index in [0.717, 1.165) is 5.92 Å². The summed E-state index contributed by atoms with van der Waals surface area (Å²) in [4.78, 5) is 2.38. The highest BCUT2D eigenvalue weighted by atomic mass is 15.1. The third-order valence-corrected chi connectivity index (χ3v) is 2.04. The SMILES string of the molecule is CN1CC=C2C[C@@H]2C1. The maximum Gasteiger partial charge on any atom is 0.0163 e. The summed E-state index contributed by atoms with van der Waals surface area (Å²) in [5, 5.41) is 0. The zero-order chi connectivity index (χ0) is 5.56. The van der Waals surface area contributed by atoms with Gasteiger partial charge in [-0.2, -0.15) is 0 Å². The first-order valence-corrected chi connectivity index (χ1v) is 3.24. The fourth-order valence-corrected chi connectivity index (χ4v) is 1.38. The largest absolute Gasteiger partial charge is 0.302 e. The van der Waals surface area contributed by atoms with Gasteiger partial charge in [0.25, 0.3) is 0 Å². The van der Waals surface area contributed by atoms with Gasteiger partial charge >= 0.3 is 0 Å². The van der Waals surface area contributed by atoms with Crippen molar-refractivity contribution in [1.82, 2.24) is 4.90 Å². The van der Waals surface area contributed by atoms with E-state index in [-0.39, 0.29) is 0 Å². The Morgan fingerprint density at radius 3 is 3.25 bits per heavy atom. The molecule has 1 aliphatic carbocycles. The Morgan fingerprint density at radius 1 is 1.75 bits per heavy atom. The molecule has 1 heteroatoms. The van der Waals surface area contributed by atoms with Gasteiger partial charge in [0.05, 0.1) is 0 Å². The van der Waals surface area contributed by atoms with E-state index in [1.807, 2.05) is 0 Å². The molecule has 0 spiro atoms. The van der Waals surface area contributed by atoms with Crippen molar-refractivity contribution in [1.29, 1.82) is 0 Å². The number of hydrogen-bond donors (Lipinski definition) is 0. The highest BCUT2D eigenvalue weighted by Crippen LogP contribution is 2.39. The molecular formula is C7H11N. The Morgan fingerprint density at radius 2 is 2.62 bits per heavy atom. The second-order valence-electron chi connectivity index (χ2n) is 2.90. The van der Waals surface area contributed by atoms with E-state index in [1.165, 1.54) is 19.5 Å². The fourth-order valence-electron chi connectivity index (χ4n) is 1.38. The van der Waals surface area contributed by atoms with E-state index in [2.05, 4.69) is 18.0 Å². The second-order valence-corrected chi connectivity index (χ2v) is 2.90. The summed E-state index contributed by atoms with van der Waals surface area (Å²) >= 11 is 0. The van der Waals surface area contributed by atoms with Gasteiger partial charge in [-0.3, -0.25) is 0 Å². The normalized spacial score (nSPS) is 36.1. The summed E-state index contributed by atoms with van der Waals surface area (Å²) in [7, 11) is 2.19. The minimum absolute atomic E-state index is 0.966. The minimum atomic E-state index is 0.966. The van der Waals surface area contributed by atoms with Gasteiger partial charge < -0.3 is 4.90 Å². The summed E-state index contributed by atoms with van der Waals surface area (Å²) < 4.78 is 0. The van der Waals surface area contributed by atoms with Crippen molar-refractivity contribution in [2.75, 3.05) is 20.1 Å². The first kappa shape index (κ1) is 4.57. The van der Waals surface area contributed by atoms with Crippen LogP contribution in [0.4, 0.5) is 0 Å². The lowest BCUT2D eigenvalue weighted by atomic mass is 10.3. The zero-order valence-electron chi connectivity index (χ0n) is 5.22. The standard InChI is InChI=1S/C7H11N/c1-8-3-2-6-4-7(6)5-8/h2,7H,3-5H2,1H3/t7-/m1/s1. The van der Waals surface area contributed by atoms with Gasteiger partial charge in [-0.15, -0.1) is 0 Å². The lowest BCUT2D eigenvalue weighted by Gasteiger charge is -2.15. The van der Waals surface area contributed by atoms with Gasteiger partial charge in [-0.25, -0.2) is 0 Å². The molecule has 1 fully saturated rings. The molecule has 0 aromatic rings. The van der Waals surface area contributed by atoms with Gasteiger partial charge in [0.1, 0.15) is 0 Å². The minimum Gasteiger partial charge on any atom is -0.302 e. The van der Waals surface area contributed by atoms with E-state index < -0.39 is 0 Å². The lowest BCUT2D eigenvalue weighted by Crippen LogP contribution is -2.23. The molecule has 0 amide bonds. The number of likely N-dealkylation sites (N-methyl/N-ethyl adjacent to an activating group) is 1. The molecule has 0 N–H and O–H groups in total. The summed E-state index contributed by atoms with van der Waals surface area (Å²) in [6, 6.07) is 0. The third-order valence-electron chi connectivity index (χ3n) is 2.04. The van der Waals surface area contributed by atoms with Crippen LogP contribution >= 0.6 is 0 Å². The molecule has 44 valence electrons. The molecule has 2 rings (SSSR count). The third kappa shape index (κ3) is 0.583. The number of fused-ring (bicyclic) bond motifs is 1. The number of rotatable bonds is 0. The van der Waals surface area contributed by atoms with E-state index in [0.29, 0.717) is 0 Å². The highest BCUT2D eigenvalue weighted by Gasteiger charge is 2.32. The molecule has 0 aromatic heterocycles. The van der Waals surface area contributed by atoms with Crippen LogP contribution in [0.1, 0.15) is 6.42 Å². The van der Waals surface area contributed by atoms with Gasteiger partial charge in [0.2, 0.25) is 0 Å². The Kier molecular flexibility index (Phi) is 0.770. The smallest absolute Gasteiger partial charge is 0.0163 e. The summed E-state index contributed by atoms with van der Waals surface area (Å²) in [6.07, 6.45) is 3.76. The van der Waals surface area contributed by atoms with E-state index in [4.69, 9.17) is 0 Å². The molecular weight excluding hydrogens is 98.1 g/mol. The fraction of sp³-hybridized carbons (Fsp3) is 0.714. The molecule has 1 aliphatic heterocycles. The van der Waals surface area contributed by atoms with Crippen LogP contribution in [-0.4, -0.2) is 25.0 Å². The summed E-state index contributed by atoms with van der Waals surface area (Å²) in [5.74, 6) is 0.966. The maximum absolute atomic E-state index is 2.38. The van der Waals surface area contributed by atoms with Crippen molar-refractivity contribution < 1.29 is 0 Å². The molecule has 2 aliphatic rings. The summed E-state index contributed by atoms with van der Waals surface area (Å²) in [5.41, 5.74) is 1.71. The molecule has 0 unspecified atom stereocenters. The van der Waals surface area contributed by atoms with Crippen molar-refractivity contribution in [3.8, 4) is 0 Å². The Labute approximate surface area is 50.0 Å².